The number of aromatic nitrogens is 4. The van der Waals surface area contributed by atoms with Crippen LogP contribution >= 0.6 is 0 Å². The van der Waals surface area contributed by atoms with Gasteiger partial charge in [-0.15, -0.1) is 0 Å². The first-order valence-electron chi connectivity index (χ1n) is 6.06. The van der Waals surface area contributed by atoms with Gasteiger partial charge in [-0.05, 0) is 6.92 Å². The van der Waals surface area contributed by atoms with Crippen molar-refractivity contribution in [3.8, 4) is 0 Å². The maximum absolute atomic E-state index is 10.4. The summed E-state index contributed by atoms with van der Waals surface area (Å²) in [4.78, 5) is 12.0. The second kappa shape index (κ2) is 4.35. The Kier molecular flexibility index (Phi) is 2.87. The highest BCUT2D eigenvalue weighted by atomic mass is 16.6. The summed E-state index contributed by atoms with van der Waals surface area (Å²) in [5, 5.41) is 29.6. The Labute approximate surface area is 113 Å². The van der Waals surface area contributed by atoms with E-state index in [9.17, 15) is 15.3 Å². The Hall–Kier alpha value is -1.81. The van der Waals surface area contributed by atoms with Crippen LogP contribution in [0, 0.1) is 0 Å². The number of hydrogen-bond donors (Lipinski definition) is 4. The van der Waals surface area contributed by atoms with Crippen LogP contribution in [0.4, 0.5) is 5.82 Å². The van der Waals surface area contributed by atoms with E-state index in [0.717, 1.165) is 0 Å². The standard InChI is InChI=1S/C11H15N5O4/c1-11(19)7(18)5(2-17)20-10(11)16-4-15-6-8(12)13-3-14-9(6)16/h3-5,7,10,17-19H,2H2,1H3,(H2,12,13,14)/t5-,7-,10-,11-/m0/s1. The normalized spacial score (nSPS) is 33.9. The van der Waals surface area contributed by atoms with Crippen LogP contribution in [0.3, 0.4) is 0 Å². The lowest BCUT2D eigenvalue weighted by Crippen LogP contribution is -2.44. The van der Waals surface area contributed by atoms with Crippen molar-refractivity contribution in [2.24, 2.45) is 0 Å². The predicted molar refractivity (Wildman–Crippen MR) is 67.4 cm³/mol. The quantitative estimate of drug-likeness (QED) is 0.516. The van der Waals surface area contributed by atoms with E-state index in [1.807, 2.05) is 0 Å². The number of nitrogens with zero attached hydrogens (tertiary/aromatic N) is 4. The molecule has 0 radical (unpaired) electrons. The van der Waals surface area contributed by atoms with Crippen molar-refractivity contribution >= 4 is 17.0 Å². The lowest BCUT2D eigenvalue weighted by molar-refractivity contribution is -0.0950. The minimum atomic E-state index is -1.60. The van der Waals surface area contributed by atoms with E-state index in [1.54, 1.807) is 0 Å². The summed E-state index contributed by atoms with van der Waals surface area (Å²) >= 11 is 0. The van der Waals surface area contributed by atoms with Gasteiger partial charge in [0.1, 0.15) is 29.7 Å². The third-order valence-electron chi connectivity index (χ3n) is 3.57. The number of aliphatic hydroxyl groups excluding tert-OH is 2. The van der Waals surface area contributed by atoms with Crippen molar-refractivity contribution in [2.75, 3.05) is 12.3 Å². The average Bonchev–Trinajstić information content (AvgIpc) is 2.92. The zero-order valence-corrected chi connectivity index (χ0v) is 10.7. The van der Waals surface area contributed by atoms with Crippen molar-refractivity contribution in [3.05, 3.63) is 12.7 Å². The fourth-order valence-electron chi connectivity index (χ4n) is 2.43. The van der Waals surface area contributed by atoms with Crippen molar-refractivity contribution in [2.45, 2.75) is 31.0 Å². The summed E-state index contributed by atoms with van der Waals surface area (Å²) in [6, 6.07) is 0. The third-order valence-corrected chi connectivity index (χ3v) is 3.57. The van der Waals surface area contributed by atoms with Gasteiger partial charge < -0.3 is 25.8 Å². The van der Waals surface area contributed by atoms with E-state index < -0.39 is 30.6 Å². The highest BCUT2D eigenvalue weighted by Crippen LogP contribution is 2.39. The first-order valence-corrected chi connectivity index (χ1v) is 6.06. The van der Waals surface area contributed by atoms with Crippen LogP contribution in [-0.4, -0.2) is 59.3 Å². The second-order valence-electron chi connectivity index (χ2n) is 4.96. The van der Waals surface area contributed by atoms with E-state index in [2.05, 4.69) is 15.0 Å². The molecule has 0 aromatic carbocycles. The van der Waals surface area contributed by atoms with Crippen LogP contribution in [0.5, 0.6) is 0 Å². The fraction of sp³-hybridized carbons (Fsp3) is 0.545. The summed E-state index contributed by atoms with van der Waals surface area (Å²) in [6.45, 7) is 1.02. The molecule has 2 aromatic heterocycles. The van der Waals surface area contributed by atoms with Crippen LogP contribution in [-0.2, 0) is 4.74 Å². The number of rotatable bonds is 2. The molecule has 1 saturated heterocycles. The number of ether oxygens (including phenoxy) is 1. The molecular formula is C11H15N5O4. The summed E-state index contributed by atoms with van der Waals surface area (Å²) in [5.74, 6) is 0.214. The molecule has 0 unspecified atom stereocenters. The molecule has 0 amide bonds. The fourth-order valence-corrected chi connectivity index (χ4v) is 2.43. The number of nitrogens with two attached hydrogens (primary N) is 1. The van der Waals surface area contributed by atoms with Gasteiger partial charge in [0.15, 0.2) is 17.7 Å². The summed E-state index contributed by atoms with van der Waals surface area (Å²) in [7, 11) is 0. The average molecular weight is 281 g/mol. The van der Waals surface area contributed by atoms with Crippen LogP contribution < -0.4 is 5.73 Å². The van der Waals surface area contributed by atoms with Crippen LogP contribution in [0.2, 0.25) is 0 Å². The molecule has 0 bridgehead atoms. The van der Waals surface area contributed by atoms with Gasteiger partial charge in [0, 0.05) is 0 Å². The number of aliphatic hydroxyl groups is 3. The van der Waals surface area contributed by atoms with Gasteiger partial charge in [0.2, 0.25) is 0 Å². The molecular weight excluding hydrogens is 266 g/mol. The number of fused-ring (bicyclic) bond motifs is 1. The van der Waals surface area contributed by atoms with Gasteiger partial charge in [-0.25, -0.2) is 15.0 Å². The Bertz CT molecular complexity index is 643. The molecule has 3 rings (SSSR count). The molecule has 0 saturated carbocycles. The molecule has 1 aliphatic rings. The minimum absolute atomic E-state index is 0.214. The number of anilines is 1. The van der Waals surface area contributed by atoms with Crippen molar-refractivity contribution in [1.82, 2.24) is 19.5 Å². The second-order valence-corrected chi connectivity index (χ2v) is 4.96. The molecule has 9 heteroatoms. The molecule has 108 valence electrons. The van der Waals surface area contributed by atoms with Crippen LogP contribution in [0.1, 0.15) is 13.2 Å². The Morgan fingerprint density at radius 1 is 1.45 bits per heavy atom. The summed E-state index contributed by atoms with van der Waals surface area (Å²) in [6.07, 6.45) is -0.365. The molecule has 0 spiro atoms. The first kappa shape index (κ1) is 13.2. The predicted octanol–water partition coefficient (Wildman–Crippen LogP) is -1.59. The van der Waals surface area contributed by atoms with E-state index in [4.69, 9.17) is 10.5 Å². The topological polar surface area (TPSA) is 140 Å². The van der Waals surface area contributed by atoms with Gasteiger partial charge in [-0.1, -0.05) is 0 Å². The van der Waals surface area contributed by atoms with Gasteiger partial charge >= 0.3 is 0 Å². The third kappa shape index (κ3) is 1.68. The van der Waals surface area contributed by atoms with E-state index in [-0.39, 0.29) is 5.82 Å². The Morgan fingerprint density at radius 2 is 2.20 bits per heavy atom. The molecule has 4 atom stereocenters. The Morgan fingerprint density at radius 3 is 2.85 bits per heavy atom. The maximum Gasteiger partial charge on any atom is 0.168 e. The van der Waals surface area contributed by atoms with Gasteiger partial charge in [0.25, 0.3) is 0 Å². The lowest BCUT2D eigenvalue weighted by atomic mass is 9.96. The lowest BCUT2D eigenvalue weighted by Gasteiger charge is -2.27. The van der Waals surface area contributed by atoms with Crippen molar-refractivity contribution in [3.63, 3.8) is 0 Å². The summed E-state index contributed by atoms with van der Waals surface area (Å²) < 4.78 is 6.97. The Balaban J connectivity index is 2.10. The molecule has 0 aliphatic carbocycles. The summed E-state index contributed by atoms with van der Waals surface area (Å²) in [5.41, 5.74) is 4.87. The van der Waals surface area contributed by atoms with Gasteiger partial charge in [-0.3, -0.25) is 4.57 Å². The molecule has 2 aromatic rings. The molecule has 3 heterocycles. The largest absolute Gasteiger partial charge is 0.394 e. The maximum atomic E-state index is 10.4. The molecule has 1 aliphatic heterocycles. The number of nitrogen functional groups attached to an aromatic ring is 1. The number of imidazole rings is 1. The molecule has 9 nitrogen and oxygen atoms in total. The van der Waals surface area contributed by atoms with Crippen LogP contribution in [0.15, 0.2) is 12.7 Å². The zero-order chi connectivity index (χ0) is 14.5. The first-order chi connectivity index (χ1) is 9.46. The van der Waals surface area contributed by atoms with E-state index >= 15 is 0 Å². The monoisotopic (exact) mass is 281 g/mol. The minimum Gasteiger partial charge on any atom is -0.394 e. The van der Waals surface area contributed by atoms with Gasteiger partial charge in [-0.2, -0.15) is 0 Å². The highest BCUT2D eigenvalue weighted by molar-refractivity contribution is 5.81. The smallest absolute Gasteiger partial charge is 0.168 e. The number of hydrogen-bond acceptors (Lipinski definition) is 8. The van der Waals surface area contributed by atoms with Crippen molar-refractivity contribution in [1.29, 1.82) is 0 Å². The molecule has 5 N–H and O–H groups in total. The zero-order valence-electron chi connectivity index (χ0n) is 10.7. The molecule has 20 heavy (non-hydrogen) atoms. The van der Waals surface area contributed by atoms with E-state index in [0.29, 0.717) is 11.2 Å². The van der Waals surface area contributed by atoms with Crippen LogP contribution in [0.25, 0.3) is 11.2 Å². The van der Waals surface area contributed by atoms with E-state index in [1.165, 1.54) is 24.1 Å². The van der Waals surface area contributed by atoms with Gasteiger partial charge in [0.05, 0.1) is 12.9 Å². The van der Waals surface area contributed by atoms with Crippen molar-refractivity contribution < 1.29 is 20.1 Å². The highest BCUT2D eigenvalue weighted by Gasteiger charge is 2.53. The molecule has 1 fully saturated rings. The SMILES string of the molecule is C[C@@]1(O)[C@@H](n2cnc3c(N)ncnc32)O[C@@H](CO)[C@@H]1O.